The summed E-state index contributed by atoms with van der Waals surface area (Å²) >= 11 is 0. The lowest BCUT2D eigenvalue weighted by molar-refractivity contribution is -0.0749. The molecule has 4 aliphatic rings. The van der Waals surface area contributed by atoms with Gasteiger partial charge in [-0.2, -0.15) is 10.4 Å². The van der Waals surface area contributed by atoms with E-state index in [1.807, 2.05) is 32.0 Å². The number of hydrogen-bond acceptors (Lipinski definition) is 3. The zero-order valence-electron chi connectivity index (χ0n) is 23.2. The zero-order chi connectivity index (χ0) is 24.9. The molecule has 35 heavy (non-hydrogen) atoms. The van der Waals surface area contributed by atoms with E-state index < -0.39 is 0 Å². The Morgan fingerprint density at radius 1 is 1.11 bits per heavy atom. The van der Waals surface area contributed by atoms with Crippen LogP contribution in [0.4, 0.5) is 0 Å². The van der Waals surface area contributed by atoms with E-state index in [1.165, 1.54) is 64.2 Å². The third kappa shape index (κ3) is 6.17. The molecule has 0 aliphatic heterocycles. The second kappa shape index (κ2) is 13.3. The fourth-order valence-electron chi connectivity index (χ4n) is 9.42. The summed E-state index contributed by atoms with van der Waals surface area (Å²) in [6.07, 6.45) is 18.1. The zero-order valence-corrected chi connectivity index (χ0v) is 23.2. The van der Waals surface area contributed by atoms with Crippen molar-refractivity contribution in [3.8, 4) is 6.07 Å². The summed E-state index contributed by atoms with van der Waals surface area (Å²) in [6, 6.07) is 2.22. The van der Waals surface area contributed by atoms with Crippen molar-refractivity contribution >= 4 is 6.72 Å². The maximum Gasteiger partial charge on any atom is 0.0960 e. The SMILES string of the molecule is C.C=NN(/C=C(\C)C#N)CC(C)[C@H]1CCC2C3CCC4CC(CCC)CCC4C3CCC21C.CC. The Hall–Kier alpha value is -1.30. The predicted octanol–water partition coefficient (Wildman–Crippen LogP) is 9.31. The van der Waals surface area contributed by atoms with Crippen LogP contribution < -0.4 is 0 Å². The molecule has 0 saturated heterocycles. The lowest BCUT2D eigenvalue weighted by Gasteiger charge is -2.57. The smallest absolute Gasteiger partial charge is 0.0960 e. The van der Waals surface area contributed by atoms with Gasteiger partial charge >= 0.3 is 0 Å². The average Bonchev–Trinajstić information content (AvgIpc) is 3.22. The normalized spacial score (nSPS) is 38.8. The van der Waals surface area contributed by atoms with Crippen LogP contribution in [0, 0.1) is 64.1 Å². The first-order valence-corrected chi connectivity index (χ1v) is 14.7. The molecule has 0 aromatic carbocycles. The molecule has 3 nitrogen and oxygen atoms in total. The number of hydrogen-bond donors (Lipinski definition) is 0. The van der Waals surface area contributed by atoms with Crippen LogP contribution >= 0.6 is 0 Å². The van der Waals surface area contributed by atoms with Gasteiger partial charge in [0.15, 0.2) is 0 Å². The fourth-order valence-corrected chi connectivity index (χ4v) is 9.42. The second-order valence-electron chi connectivity index (χ2n) is 12.3. The maximum atomic E-state index is 9.15. The largest absolute Gasteiger partial charge is 0.272 e. The summed E-state index contributed by atoms with van der Waals surface area (Å²) in [5, 5.41) is 15.3. The Bertz CT molecular complexity index is 736. The molecule has 4 aliphatic carbocycles. The van der Waals surface area contributed by atoms with Crippen molar-refractivity contribution in [1.29, 1.82) is 5.26 Å². The topological polar surface area (TPSA) is 39.4 Å². The van der Waals surface area contributed by atoms with Crippen molar-refractivity contribution < 1.29 is 0 Å². The highest BCUT2D eigenvalue weighted by molar-refractivity contribution is 5.24. The summed E-state index contributed by atoms with van der Waals surface area (Å²) in [7, 11) is 0. The monoisotopic (exact) mass is 483 g/mol. The van der Waals surface area contributed by atoms with Crippen molar-refractivity contribution in [1.82, 2.24) is 5.01 Å². The van der Waals surface area contributed by atoms with E-state index in [4.69, 9.17) is 5.26 Å². The van der Waals surface area contributed by atoms with Crippen LogP contribution in [0.1, 0.15) is 120 Å². The molecule has 0 spiro atoms. The molecule has 0 heterocycles. The quantitative estimate of drug-likeness (QED) is 0.205. The maximum absolute atomic E-state index is 9.15. The first-order valence-electron chi connectivity index (χ1n) is 14.7. The number of rotatable bonds is 7. The van der Waals surface area contributed by atoms with Crippen LogP contribution in [0.3, 0.4) is 0 Å². The highest BCUT2D eigenvalue weighted by Gasteiger charge is 2.57. The highest BCUT2D eigenvalue weighted by Crippen LogP contribution is 2.65. The molecule has 4 fully saturated rings. The molecular formula is C32H57N3. The molecule has 0 radical (unpaired) electrons. The van der Waals surface area contributed by atoms with Gasteiger partial charge in [-0.05, 0) is 111 Å². The minimum Gasteiger partial charge on any atom is -0.272 e. The molecule has 9 atom stereocenters. The van der Waals surface area contributed by atoms with E-state index in [1.54, 1.807) is 6.42 Å². The Balaban J connectivity index is 0.00000140. The van der Waals surface area contributed by atoms with Gasteiger partial charge in [-0.1, -0.05) is 61.3 Å². The van der Waals surface area contributed by atoms with Gasteiger partial charge < -0.3 is 0 Å². The van der Waals surface area contributed by atoms with Gasteiger partial charge in [0.05, 0.1) is 6.07 Å². The lowest BCUT2D eigenvalue weighted by Crippen LogP contribution is -2.49. The van der Waals surface area contributed by atoms with Crippen molar-refractivity contribution in [2.75, 3.05) is 6.54 Å². The second-order valence-corrected chi connectivity index (χ2v) is 12.3. The van der Waals surface area contributed by atoms with E-state index >= 15 is 0 Å². The van der Waals surface area contributed by atoms with Crippen molar-refractivity contribution in [2.45, 2.75) is 120 Å². The summed E-state index contributed by atoms with van der Waals surface area (Å²) < 4.78 is 0. The van der Waals surface area contributed by atoms with Gasteiger partial charge in [-0.15, -0.1) is 0 Å². The van der Waals surface area contributed by atoms with Gasteiger partial charge in [0.25, 0.3) is 0 Å². The number of fused-ring (bicyclic) bond motifs is 5. The Labute approximate surface area is 218 Å². The average molecular weight is 484 g/mol. The molecule has 8 unspecified atom stereocenters. The van der Waals surface area contributed by atoms with Crippen molar-refractivity contribution in [3.05, 3.63) is 11.8 Å². The minimum atomic E-state index is 0. The summed E-state index contributed by atoms with van der Waals surface area (Å²) in [4.78, 5) is 0. The lowest BCUT2D eigenvalue weighted by atomic mass is 9.48. The van der Waals surface area contributed by atoms with E-state index in [9.17, 15) is 0 Å². The Morgan fingerprint density at radius 2 is 1.83 bits per heavy atom. The van der Waals surface area contributed by atoms with Gasteiger partial charge in [-0.3, -0.25) is 5.01 Å². The van der Waals surface area contributed by atoms with E-state index in [2.05, 4.69) is 38.7 Å². The highest BCUT2D eigenvalue weighted by atomic mass is 15.4. The molecule has 4 rings (SSSR count). The molecule has 4 saturated carbocycles. The van der Waals surface area contributed by atoms with Crippen LogP contribution in [0.25, 0.3) is 0 Å². The summed E-state index contributed by atoms with van der Waals surface area (Å²) in [5.74, 6) is 7.42. The van der Waals surface area contributed by atoms with E-state index in [0.29, 0.717) is 16.9 Å². The third-order valence-corrected chi connectivity index (χ3v) is 10.7. The van der Waals surface area contributed by atoms with E-state index in [0.717, 1.165) is 48.0 Å². The number of nitrogens with zero attached hydrogens (tertiary/aromatic N) is 3. The van der Waals surface area contributed by atoms with Crippen molar-refractivity contribution in [3.63, 3.8) is 0 Å². The van der Waals surface area contributed by atoms with Crippen LogP contribution in [0.5, 0.6) is 0 Å². The number of hydrazone groups is 1. The molecular weight excluding hydrogens is 426 g/mol. The molecule has 0 N–H and O–H groups in total. The van der Waals surface area contributed by atoms with Crippen LogP contribution in [-0.4, -0.2) is 18.3 Å². The van der Waals surface area contributed by atoms with Crippen LogP contribution in [0.15, 0.2) is 16.9 Å². The first-order chi connectivity index (χ1) is 16.4. The van der Waals surface area contributed by atoms with E-state index in [-0.39, 0.29) is 7.43 Å². The molecule has 0 amide bonds. The third-order valence-electron chi connectivity index (χ3n) is 10.7. The molecule has 0 aromatic heterocycles. The molecule has 3 heteroatoms. The fraction of sp³-hybridized carbons (Fsp3) is 0.875. The summed E-state index contributed by atoms with van der Waals surface area (Å²) in [5.41, 5.74) is 1.19. The Kier molecular flexibility index (Phi) is 11.4. The van der Waals surface area contributed by atoms with Crippen LogP contribution in [0.2, 0.25) is 0 Å². The summed E-state index contributed by atoms with van der Waals surface area (Å²) in [6.45, 7) is 17.9. The molecule has 0 aromatic rings. The van der Waals surface area contributed by atoms with Crippen molar-refractivity contribution in [2.24, 2.45) is 57.9 Å². The molecule has 200 valence electrons. The predicted molar refractivity (Wildman–Crippen MR) is 152 cm³/mol. The van der Waals surface area contributed by atoms with Crippen LogP contribution in [-0.2, 0) is 0 Å². The van der Waals surface area contributed by atoms with Gasteiger partial charge in [0, 0.05) is 25.0 Å². The Morgan fingerprint density at radius 3 is 2.49 bits per heavy atom. The first kappa shape index (κ1) is 29.9. The minimum absolute atomic E-state index is 0. The number of allylic oxidation sites excluding steroid dienone is 1. The molecule has 0 bridgehead atoms. The van der Waals surface area contributed by atoms with Gasteiger partial charge in [0.2, 0.25) is 0 Å². The van der Waals surface area contributed by atoms with Gasteiger partial charge in [-0.25, -0.2) is 0 Å². The van der Waals surface area contributed by atoms with Gasteiger partial charge in [0.1, 0.15) is 0 Å². The standard InChI is InChI=1S/C29H47N3.C2H6.CH4/c1-6-7-22-8-10-24-23(16-22)9-11-26-25(24)14-15-29(4)27(12-13-28(26)29)21(3)19-32(31-5)18-20(2)17-30;1-2;/h18,21-28H,5-16,19H2,1-4H3;1-2H3;1H4/b20-18+;;/t21?,22?,23?,24?,25?,26?,27-,28?,29?;;/m1../s1. The number of nitriles is 1.